The molecule has 2 rings (SSSR count). The van der Waals surface area contributed by atoms with Gasteiger partial charge in [0.2, 0.25) is 0 Å². The van der Waals surface area contributed by atoms with Gasteiger partial charge in [-0.05, 0) is 0 Å². The monoisotopic (exact) mass is 370 g/mol. The summed E-state index contributed by atoms with van der Waals surface area (Å²) in [5.74, 6) is -0.878. The van der Waals surface area contributed by atoms with E-state index in [4.69, 9.17) is 0 Å². The second-order valence-corrected chi connectivity index (χ2v) is 6.03. The van der Waals surface area contributed by atoms with Crippen molar-refractivity contribution in [3.8, 4) is 5.75 Å². The summed E-state index contributed by atoms with van der Waals surface area (Å²) in [6.07, 6.45) is -4.48. The van der Waals surface area contributed by atoms with E-state index in [0.29, 0.717) is 4.35 Å². The Morgan fingerprint density at radius 2 is 1.82 bits per heavy atom. The van der Waals surface area contributed by atoms with E-state index < -0.39 is 17.6 Å². The maximum atomic E-state index is 12.8. The zero-order chi connectivity index (χ0) is 16.3. The second-order valence-electron chi connectivity index (χ2n) is 4.63. The molecule has 22 heavy (non-hydrogen) atoms. The topological polar surface area (TPSA) is 49.0 Å². The summed E-state index contributed by atoms with van der Waals surface area (Å²) in [7, 11) is 0. The molecule has 0 bridgehead atoms. The Balaban J connectivity index is 2.15. The number of carbonyl (C=O) groups excluding carboxylic acids is 1. The molecule has 7 heteroatoms. The van der Waals surface area contributed by atoms with Gasteiger partial charge in [-0.3, -0.25) is 0 Å². The summed E-state index contributed by atoms with van der Waals surface area (Å²) in [4.78, 5) is 12.0. The fourth-order valence-corrected chi connectivity index (χ4v) is 2.70. The van der Waals surface area contributed by atoms with Gasteiger partial charge in [-0.15, -0.1) is 0 Å². The summed E-state index contributed by atoms with van der Waals surface area (Å²) in [5, 5.41) is 13.8. The Labute approximate surface area is 133 Å². The van der Waals surface area contributed by atoms with Gasteiger partial charge >= 0.3 is 133 Å². The number of benzene rings is 2. The van der Waals surface area contributed by atoms with E-state index in [1.165, 1.54) is 47.2 Å². The number of amides is 1. The molecular formula is C15H12AsF3NO2. The zero-order valence-corrected chi connectivity index (χ0v) is 13.7. The Hall–Kier alpha value is -1.94. The van der Waals surface area contributed by atoms with Gasteiger partial charge in [0.05, 0.1) is 0 Å². The van der Waals surface area contributed by atoms with E-state index in [1.807, 2.05) is 0 Å². The van der Waals surface area contributed by atoms with Crippen molar-refractivity contribution in [3.05, 3.63) is 59.2 Å². The van der Waals surface area contributed by atoms with Crippen LogP contribution in [-0.4, -0.2) is 22.8 Å². The van der Waals surface area contributed by atoms with Crippen molar-refractivity contribution in [2.75, 3.05) is 0 Å². The Morgan fingerprint density at radius 3 is 2.45 bits per heavy atom. The molecular weight excluding hydrogens is 358 g/mol. The minimum atomic E-state index is -4.48. The molecule has 1 atom stereocenters. The molecule has 0 heterocycles. The molecule has 0 aromatic heterocycles. The van der Waals surface area contributed by atoms with Crippen LogP contribution in [0.2, 0.25) is 0 Å². The Morgan fingerprint density at radius 1 is 1.14 bits per heavy atom. The molecule has 1 unspecified atom stereocenters. The summed E-state index contributed by atoms with van der Waals surface area (Å²) in [6, 6.07) is 9.13. The van der Waals surface area contributed by atoms with Crippen LogP contribution in [0.4, 0.5) is 13.2 Å². The van der Waals surface area contributed by atoms with Gasteiger partial charge in [-0.1, -0.05) is 0 Å². The van der Waals surface area contributed by atoms with Gasteiger partial charge in [-0.2, -0.15) is 0 Å². The van der Waals surface area contributed by atoms with E-state index in [0.717, 1.165) is 12.1 Å². The van der Waals surface area contributed by atoms with Crippen molar-refractivity contribution in [2.45, 2.75) is 12.7 Å². The molecule has 3 nitrogen and oxygen atoms in total. The zero-order valence-electron chi connectivity index (χ0n) is 11.3. The maximum absolute atomic E-state index is 12.8. The summed E-state index contributed by atoms with van der Waals surface area (Å²) in [6.45, 7) is -0.262. The quantitative estimate of drug-likeness (QED) is 0.827. The fraction of sp³-hybridized carbons (Fsp3) is 0.133. The summed E-state index contributed by atoms with van der Waals surface area (Å²) in [5.41, 5.74) is -0.661. The number of hydrogen-bond acceptors (Lipinski definition) is 1. The summed E-state index contributed by atoms with van der Waals surface area (Å²) >= 11 is 1.19. The predicted molar refractivity (Wildman–Crippen MR) is 77.4 cm³/mol. The molecule has 2 aromatic carbocycles. The van der Waals surface area contributed by atoms with Crippen molar-refractivity contribution in [2.24, 2.45) is 0 Å². The molecule has 0 aliphatic carbocycles. The van der Waals surface area contributed by atoms with Crippen LogP contribution in [0, 0.1) is 0 Å². The van der Waals surface area contributed by atoms with Crippen molar-refractivity contribution >= 4 is 27.1 Å². The number of rotatable bonds is 3. The van der Waals surface area contributed by atoms with Gasteiger partial charge in [-0.25, -0.2) is 0 Å². The second kappa shape index (κ2) is 6.44. The molecule has 115 valence electrons. The Kier molecular flexibility index (Phi) is 4.81. The average molecular weight is 370 g/mol. The molecule has 2 aromatic rings. The number of nitrogens with one attached hydrogen (secondary N) is 1. The van der Waals surface area contributed by atoms with Gasteiger partial charge < -0.3 is 0 Å². The van der Waals surface area contributed by atoms with Crippen molar-refractivity contribution in [3.63, 3.8) is 0 Å². The van der Waals surface area contributed by atoms with E-state index in [-0.39, 0.29) is 23.4 Å². The standard InChI is InChI=1S/C15H12AsF3NO2/c16-11-5-10(6-12(21)7-11)14(22)20-8-9-3-1-2-4-13(9)15(17,18)19/h1-7H,8,16H2,(H,20,22). The molecule has 0 fully saturated rings. The molecule has 1 radical (unpaired) electrons. The molecule has 0 saturated carbocycles. The van der Waals surface area contributed by atoms with Gasteiger partial charge in [0.15, 0.2) is 0 Å². The van der Waals surface area contributed by atoms with Crippen LogP contribution in [0.3, 0.4) is 0 Å². The molecule has 0 spiro atoms. The van der Waals surface area contributed by atoms with E-state index in [1.54, 1.807) is 0 Å². The molecule has 0 aliphatic heterocycles. The summed E-state index contributed by atoms with van der Waals surface area (Å²) < 4.78 is 39.2. The van der Waals surface area contributed by atoms with Crippen LogP contribution in [0.15, 0.2) is 42.5 Å². The van der Waals surface area contributed by atoms with Crippen molar-refractivity contribution in [1.29, 1.82) is 0 Å². The first-order chi connectivity index (χ1) is 10.3. The third kappa shape index (κ3) is 4.04. The van der Waals surface area contributed by atoms with Gasteiger partial charge in [0, 0.05) is 0 Å². The van der Waals surface area contributed by atoms with Crippen LogP contribution in [0.1, 0.15) is 21.5 Å². The average Bonchev–Trinajstić information content (AvgIpc) is 2.43. The van der Waals surface area contributed by atoms with Crippen LogP contribution in [0.5, 0.6) is 5.75 Å². The normalized spacial score (nSPS) is 11.3. The van der Waals surface area contributed by atoms with Crippen LogP contribution >= 0.6 is 0 Å². The first-order valence-corrected chi connectivity index (χ1v) is 7.49. The van der Waals surface area contributed by atoms with Crippen LogP contribution < -0.4 is 9.67 Å². The molecule has 1 N–H and O–H groups in total. The molecule has 0 saturated heterocycles. The number of alkyl halides is 3. The minimum absolute atomic E-state index is 0.0254. The van der Waals surface area contributed by atoms with Gasteiger partial charge in [0.1, 0.15) is 0 Å². The van der Waals surface area contributed by atoms with Gasteiger partial charge in [0.25, 0.3) is 0 Å². The molecule has 0 aliphatic rings. The third-order valence-electron chi connectivity index (χ3n) is 2.95. The van der Waals surface area contributed by atoms with Crippen molar-refractivity contribution in [1.82, 2.24) is 5.32 Å². The molecule has 1 amide bonds. The third-order valence-corrected chi connectivity index (χ3v) is 3.65. The number of carbonyl (C=O) groups is 1. The van der Waals surface area contributed by atoms with E-state index in [9.17, 15) is 23.1 Å². The fourth-order valence-electron chi connectivity index (χ4n) is 1.98. The van der Waals surface area contributed by atoms with E-state index in [2.05, 4.69) is 5.32 Å². The van der Waals surface area contributed by atoms with E-state index >= 15 is 0 Å². The number of halogens is 3. The van der Waals surface area contributed by atoms with Crippen LogP contribution in [0.25, 0.3) is 0 Å². The van der Waals surface area contributed by atoms with Crippen molar-refractivity contribution < 1.29 is 23.1 Å². The first kappa shape index (κ1) is 16.4. The van der Waals surface area contributed by atoms with Crippen LogP contribution in [-0.2, 0) is 17.8 Å². The number of hydrogen-bond donors (Lipinski definition) is 1. The SMILES string of the molecule is [O]c1cc([AsH2])cc(C(=O)NCc2ccccc2C(F)(F)F)c1. The first-order valence-electron chi connectivity index (χ1n) is 6.28. The Bertz CT molecular complexity index is 681. The predicted octanol–water partition coefficient (Wildman–Crippen LogP) is 2.04.